The zero-order valence-electron chi connectivity index (χ0n) is 8.67. The highest BCUT2D eigenvalue weighted by Gasteiger charge is 2.18. The highest BCUT2D eigenvalue weighted by atomic mass is 16.3. The van der Waals surface area contributed by atoms with Crippen LogP contribution < -0.4 is 0 Å². The Balaban J connectivity index is 3.01. The van der Waals surface area contributed by atoms with Crippen LogP contribution in [0.15, 0.2) is 24.3 Å². The first kappa shape index (κ1) is 10.3. The Labute approximate surface area is 80.4 Å². The van der Waals surface area contributed by atoms with Gasteiger partial charge in [-0.1, -0.05) is 45.0 Å². The van der Waals surface area contributed by atoms with Gasteiger partial charge in [-0.05, 0) is 17.5 Å². The summed E-state index contributed by atoms with van der Waals surface area (Å²) in [5.41, 5.74) is 2.43. The molecule has 0 atom stereocenters. The van der Waals surface area contributed by atoms with Gasteiger partial charge in [-0.3, -0.25) is 0 Å². The second-order valence-electron chi connectivity index (χ2n) is 4.10. The lowest BCUT2D eigenvalue weighted by Gasteiger charge is -2.22. The van der Waals surface area contributed by atoms with E-state index in [0.717, 1.165) is 6.42 Å². The topological polar surface area (TPSA) is 20.2 Å². The molecule has 1 nitrogen and oxygen atoms in total. The van der Waals surface area contributed by atoms with Crippen molar-refractivity contribution in [3.8, 4) is 0 Å². The summed E-state index contributed by atoms with van der Waals surface area (Å²) in [6.45, 7) is 6.45. The van der Waals surface area contributed by atoms with Crippen molar-refractivity contribution in [3.05, 3.63) is 35.4 Å². The zero-order chi connectivity index (χ0) is 9.90. The van der Waals surface area contributed by atoms with Gasteiger partial charge >= 0.3 is 0 Å². The van der Waals surface area contributed by atoms with Gasteiger partial charge in [0.15, 0.2) is 0 Å². The van der Waals surface area contributed by atoms with Gasteiger partial charge in [0.05, 0.1) is 6.61 Å². The maximum absolute atomic E-state index is 9.21. The predicted molar refractivity (Wildman–Crippen MR) is 55.9 cm³/mol. The fourth-order valence-electron chi connectivity index (χ4n) is 1.30. The van der Waals surface area contributed by atoms with Crippen LogP contribution in [0.1, 0.15) is 31.9 Å². The molecule has 1 aromatic rings. The van der Waals surface area contributed by atoms with E-state index in [2.05, 4.69) is 45.0 Å². The van der Waals surface area contributed by atoms with Crippen LogP contribution in [0, 0.1) is 0 Å². The molecule has 0 fully saturated rings. The molecule has 0 bridgehead atoms. The van der Waals surface area contributed by atoms with E-state index in [1.165, 1.54) is 11.1 Å². The van der Waals surface area contributed by atoms with Crippen molar-refractivity contribution in [2.24, 2.45) is 0 Å². The Morgan fingerprint density at radius 1 is 1.31 bits per heavy atom. The first-order valence-electron chi connectivity index (χ1n) is 4.80. The van der Waals surface area contributed by atoms with E-state index in [0.29, 0.717) is 0 Å². The number of rotatable bonds is 3. The SMILES string of the molecule is CCc1cccc(C(C)(C)CO)c1. The van der Waals surface area contributed by atoms with E-state index in [-0.39, 0.29) is 12.0 Å². The quantitative estimate of drug-likeness (QED) is 0.754. The third kappa shape index (κ3) is 2.31. The standard InChI is InChI=1S/C12H18O/c1-4-10-6-5-7-11(8-10)12(2,3)9-13/h5-8,13H,4,9H2,1-3H3. The molecule has 0 aliphatic carbocycles. The molecule has 1 heteroatoms. The maximum Gasteiger partial charge on any atom is 0.0522 e. The van der Waals surface area contributed by atoms with Crippen molar-refractivity contribution in [1.29, 1.82) is 0 Å². The van der Waals surface area contributed by atoms with E-state index in [9.17, 15) is 5.11 Å². The summed E-state index contributed by atoms with van der Waals surface area (Å²) in [6, 6.07) is 8.44. The molecule has 13 heavy (non-hydrogen) atoms. The molecule has 1 N–H and O–H groups in total. The summed E-state index contributed by atoms with van der Waals surface area (Å²) in [5.74, 6) is 0. The Bertz CT molecular complexity index is 276. The van der Waals surface area contributed by atoms with Crippen LogP contribution in [0.3, 0.4) is 0 Å². The first-order chi connectivity index (χ1) is 6.10. The monoisotopic (exact) mass is 178 g/mol. The minimum atomic E-state index is -0.120. The van der Waals surface area contributed by atoms with Crippen molar-refractivity contribution in [2.45, 2.75) is 32.6 Å². The summed E-state index contributed by atoms with van der Waals surface area (Å²) < 4.78 is 0. The van der Waals surface area contributed by atoms with Crippen LogP contribution in [0.4, 0.5) is 0 Å². The molecular formula is C12H18O. The van der Waals surface area contributed by atoms with Gasteiger partial charge in [-0.25, -0.2) is 0 Å². The third-order valence-electron chi connectivity index (χ3n) is 2.51. The molecule has 0 unspecified atom stereocenters. The zero-order valence-corrected chi connectivity index (χ0v) is 8.67. The van der Waals surface area contributed by atoms with Crippen LogP contribution >= 0.6 is 0 Å². The molecule has 0 aliphatic rings. The average molecular weight is 178 g/mol. The van der Waals surface area contributed by atoms with Crippen molar-refractivity contribution in [2.75, 3.05) is 6.61 Å². The summed E-state index contributed by atoms with van der Waals surface area (Å²) in [4.78, 5) is 0. The molecule has 1 aromatic carbocycles. The van der Waals surface area contributed by atoms with Crippen molar-refractivity contribution < 1.29 is 5.11 Å². The summed E-state index contributed by atoms with van der Waals surface area (Å²) in [5, 5.41) is 9.21. The Kier molecular flexibility index (Phi) is 3.10. The lowest BCUT2D eigenvalue weighted by molar-refractivity contribution is 0.218. The first-order valence-corrected chi connectivity index (χ1v) is 4.80. The fraction of sp³-hybridized carbons (Fsp3) is 0.500. The molecule has 0 spiro atoms. The van der Waals surface area contributed by atoms with Gasteiger partial charge in [0.2, 0.25) is 0 Å². The molecule has 0 heterocycles. The molecule has 0 aliphatic heterocycles. The van der Waals surface area contributed by atoms with Crippen LogP contribution in [0.5, 0.6) is 0 Å². The van der Waals surface area contributed by atoms with Gasteiger partial charge in [0.1, 0.15) is 0 Å². The summed E-state index contributed by atoms with van der Waals surface area (Å²) in [6.07, 6.45) is 1.05. The number of aryl methyl sites for hydroxylation is 1. The van der Waals surface area contributed by atoms with Gasteiger partial charge in [0.25, 0.3) is 0 Å². The van der Waals surface area contributed by atoms with Gasteiger partial charge in [-0.15, -0.1) is 0 Å². The molecular weight excluding hydrogens is 160 g/mol. The lowest BCUT2D eigenvalue weighted by atomic mass is 9.85. The summed E-state index contributed by atoms with van der Waals surface area (Å²) >= 11 is 0. The van der Waals surface area contributed by atoms with E-state index in [1.807, 2.05) is 0 Å². The molecule has 1 rings (SSSR count). The Morgan fingerprint density at radius 3 is 2.54 bits per heavy atom. The van der Waals surface area contributed by atoms with Crippen LogP contribution in [-0.4, -0.2) is 11.7 Å². The highest BCUT2D eigenvalue weighted by Crippen LogP contribution is 2.23. The van der Waals surface area contributed by atoms with E-state index in [4.69, 9.17) is 0 Å². The Morgan fingerprint density at radius 2 is 2.00 bits per heavy atom. The molecule has 0 radical (unpaired) electrons. The molecule has 72 valence electrons. The van der Waals surface area contributed by atoms with Crippen molar-refractivity contribution >= 4 is 0 Å². The molecule has 0 saturated heterocycles. The normalized spacial score (nSPS) is 11.7. The van der Waals surface area contributed by atoms with Gasteiger partial charge in [0, 0.05) is 5.41 Å². The lowest BCUT2D eigenvalue weighted by Crippen LogP contribution is -2.22. The number of aliphatic hydroxyl groups excluding tert-OH is 1. The van der Waals surface area contributed by atoms with Crippen LogP contribution in [-0.2, 0) is 11.8 Å². The summed E-state index contributed by atoms with van der Waals surface area (Å²) in [7, 11) is 0. The average Bonchev–Trinajstić information content (AvgIpc) is 2.18. The minimum Gasteiger partial charge on any atom is -0.395 e. The van der Waals surface area contributed by atoms with Crippen molar-refractivity contribution in [3.63, 3.8) is 0 Å². The largest absolute Gasteiger partial charge is 0.395 e. The van der Waals surface area contributed by atoms with E-state index < -0.39 is 0 Å². The molecule has 0 amide bonds. The van der Waals surface area contributed by atoms with Crippen LogP contribution in [0.25, 0.3) is 0 Å². The van der Waals surface area contributed by atoms with E-state index >= 15 is 0 Å². The maximum atomic E-state index is 9.21. The van der Waals surface area contributed by atoms with Crippen molar-refractivity contribution in [1.82, 2.24) is 0 Å². The fourth-order valence-corrected chi connectivity index (χ4v) is 1.30. The highest BCUT2D eigenvalue weighted by molar-refractivity contribution is 5.29. The van der Waals surface area contributed by atoms with Gasteiger partial charge in [-0.2, -0.15) is 0 Å². The van der Waals surface area contributed by atoms with E-state index in [1.54, 1.807) is 0 Å². The van der Waals surface area contributed by atoms with Crippen LogP contribution in [0.2, 0.25) is 0 Å². The Hall–Kier alpha value is -0.820. The number of benzene rings is 1. The predicted octanol–water partition coefficient (Wildman–Crippen LogP) is 2.52. The number of hydrogen-bond donors (Lipinski definition) is 1. The molecule has 0 saturated carbocycles. The minimum absolute atomic E-state index is 0.120. The third-order valence-corrected chi connectivity index (χ3v) is 2.51. The second kappa shape index (κ2) is 3.93. The smallest absolute Gasteiger partial charge is 0.0522 e. The number of hydrogen-bond acceptors (Lipinski definition) is 1. The second-order valence-corrected chi connectivity index (χ2v) is 4.10. The number of aliphatic hydroxyl groups is 1. The van der Waals surface area contributed by atoms with Gasteiger partial charge < -0.3 is 5.11 Å². The molecule has 0 aromatic heterocycles.